The summed E-state index contributed by atoms with van der Waals surface area (Å²) in [5, 5.41) is 2.83. The number of anilines is 1. The fourth-order valence-corrected chi connectivity index (χ4v) is 1.87. The van der Waals surface area contributed by atoms with Crippen molar-refractivity contribution in [1.29, 1.82) is 0 Å². The van der Waals surface area contributed by atoms with Gasteiger partial charge in [-0.3, -0.25) is 4.79 Å². The molecule has 2 rings (SSSR count). The Morgan fingerprint density at radius 3 is 2.61 bits per heavy atom. The van der Waals surface area contributed by atoms with Crippen molar-refractivity contribution in [1.82, 2.24) is 0 Å². The molecule has 0 radical (unpaired) electrons. The summed E-state index contributed by atoms with van der Waals surface area (Å²) in [6, 6.07) is 9.13. The molecule has 0 fully saturated rings. The van der Waals surface area contributed by atoms with E-state index in [0.29, 0.717) is 23.6 Å². The highest BCUT2D eigenvalue weighted by atomic mass is 35.5. The lowest BCUT2D eigenvalue weighted by Gasteiger charge is -2.05. The summed E-state index contributed by atoms with van der Waals surface area (Å²) in [4.78, 5) is 12.0. The SMILES string of the molecule is CCc1occc1C(=O)Nc1ccc(CCl)cc1. The number of furan rings is 1. The van der Waals surface area contributed by atoms with Crippen molar-refractivity contribution in [2.24, 2.45) is 0 Å². The van der Waals surface area contributed by atoms with Gasteiger partial charge < -0.3 is 9.73 Å². The summed E-state index contributed by atoms with van der Waals surface area (Å²) >= 11 is 5.71. The number of alkyl halides is 1. The van der Waals surface area contributed by atoms with Crippen LogP contribution in [0, 0.1) is 0 Å². The second-order valence-corrected chi connectivity index (χ2v) is 4.16. The maximum Gasteiger partial charge on any atom is 0.259 e. The van der Waals surface area contributed by atoms with Crippen LogP contribution in [-0.4, -0.2) is 5.91 Å². The Morgan fingerprint density at radius 2 is 2.00 bits per heavy atom. The first-order chi connectivity index (χ1) is 8.74. The van der Waals surface area contributed by atoms with Crippen molar-refractivity contribution in [3.63, 3.8) is 0 Å². The molecule has 18 heavy (non-hydrogen) atoms. The number of halogens is 1. The highest BCUT2D eigenvalue weighted by molar-refractivity contribution is 6.17. The van der Waals surface area contributed by atoms with E-state index < -0.39 is 0 Å². The molecule has 0 saturated heterocycles. The van der Waals surface area contributed by atoms with Crippen LogP contribution in [0.1, 0.15) is 28.6 Å². The zero-order valence-corrected chi connectivity index (χ0v) is 10.8. The number of hydrogen-bond donors (Lipinski definition) is 1. The Morgan fingerprint density at radius 1 is 1.28 bits per heavy atom. The minimum atomic E-state index is -0.153. The van der Waals surface area contributed by atoms with Crippen LogP contribution in [0.15, 0.2) is 41.0 Å². The van der Waals surface area contributed by atoms with Gasteiger partial charge in [-0.05, 0) is 23.8 Å². The van der Waals surface area contributed by atoms with Crippen molar-refractivity contribution in [3.05, 3.63) is 53.5 Å². The third-order valence-corrected chi connectivity index (χ3v) is 2.99. The van der Waals surface area contributed by atoms with Crippen molar-refractivity contribution in [3.8, 4) is 0 Å². The van der Waals surface area contributed by atoms with Gasteiger partial charge in [-0.25, -0.2) is 0 Å². The topological polar surface area (TPSA) is 42.2 Å². The van der Waals surface area contributed by atoms with Gasteiger partial charge in [-0.15, -0.1) is 11.6 Å². The normalized spacial score (nSPS) is 10.3. The van der Waals surface area contributed by atoms with Gasteiger partial charge in [0.25, 0.3) is 5.91 Å². The van der Waals surface area contributed by atoms with Gasteiger partial charge in [0, 0.05) is 18.0 Å². The maximum absolute atomic E-state index is 12.0. The average molecular weight is 264 g/mol. The number of carbonyl (C=O) groups is 1. The van der Waals surface area contributed by atoms with Crippen molar-refractivity contribution < 1.29 is 9.21 Å². The van der Waals surface area contributed by atoms with Crippen LogP contribution >= 0.6 is 11.6 Å². The summed E-state index contributed by atoms with van der Waals surface area (Å²) in [6.45, 7) is 1.95. The summed E-state index contributed by atoms with van der Waals surface area (Å²) in [6.07, 6.45) is 2.23. The van der Waals surface area contributed by atoms with Gasteiger partial charge in [-0.1, -0.05) is 19.1 Å². The van der Waals surface area contributed by atoms with Crippen molar-refractivity contribution >= 4 is 23.2 Å². The first kappa shape index (κ1) is 12.7. The number of hydrogen-bond acceptors (Lipinski definition) is 2. The van der Waals surface area contributed by atoms with Crippen LogP contribution in [0.5, 0.6) is 0 Å². The maximum atomic E-state index is 12.0. The van der Waals surface area contributed by atoms with E-state index in [4.69, 9.17) is 16.0 Å². The Labute approximate surface area is 111 Å². The molecule has 4 heteroatoms. The largest absolute Gasteiger partial charge is 0.469 e. The summed E-state index contributed by atoms with van der Waals surface area (Å²) < 4.78 is 5.23. The molecule has 0 aliphatic carbocycles. The first-order valence-corrected chi connectivity index (χ1v) is 6.30. The van der Waals surface area contributed by atoms with E-state index >= 15 is 0 Å². The quantitative estimate of drug-likeness (QED) is 0.852. The van der Waals surface area contributed by atoms with E-state index in [9.17, 15) is 4.79 Å². The Bertz CT molecular complexity index is 531. The molecular formula is C14H14ClNO2. The van der Waals surface area contributed by atoms with Crippen LogP contribution in [-0.2, 0) is 12.3 Å². The van der Waals surface area contributed by atoms with E-state index in [2.05, 4.69) is 5.32 Å². The van der Waals surface area contributed by atoms with E-state index in [1.54, 1.807) is 6.07 Å². The zero-order chi connectivity index (χ0) is 13.0. The summed E-state index contributed by atoms with van der Waals surface area (Å²) in [7, 11) is 0. The molecule has 0 saturated carbocycles. The fourth-order valence-electron chi connectivity index (χ4n) is 1.69. The molecule has 0 aliphatic heterocycles. The van der Waals surface area contributed by atoms with E-state index in [-0.39, 0.29) is 5.91 Å². The minimum absolute atomic E-state index is 0.153. The van der Waals surface area contributed by atoms with Crippen molar-refractivity contribution in [2.45, 2.75) is 19.2 Å². The average Bonchev–Trinajstić information content (AvgIpc) is 2.88. The van der Waals surface area contributed by atoms with E-state index in [1.165, 1.54) is 6.26 Å². The van der Waals surface area contributed by atoms with Crippen LogP contribution in [0.2, 0.25) is 0 Å². The fraction of sp³-hybridized carbons (Fsp3) is 0.214. The second-order valence-electron chi connectivity index (χ2n) is 3.90. The monoisotopic (exact) mass is 263 g/mol. The van der Waals surface area contributed by atoms with Gasteiger partial charge in [0.15, 0.2) is 0 Å². The summed E-state index contributed by atoms with van der Waals surface area (Å²) in [5.74, 6) is 1.01. The molecular weight excluding hydrogens is 250 g/mol. The van der Waals surface area contributed by atoms with Crippen LogP contribution in [0.3, 0.4) is 0 Å². The number of aryl methyl sites for hydroxylation is 1. The molecule has 1 amide bonds. The van der Waals surface area contributed by atoms with E-state index in [1.807, 2.05) is 31.2 Å². The lowest BCUT2D eigenvalue weighted by molar-refractivity contribution is 0.102. The molecule has 94 valence electrons. The highest BCUT2D eigenvalue weighted by Crippen LogP contribution is 2.15. The van der Waals surface area contributed by atoms with Crippen molar-refractivity contribution in [2.75, 3.05) is 5.32 Å². The highest BCUT2D eigenvalue weighted by Gasteiger charge is 2.13. The molecule has 0 atom stereocenters. The molecule has 1 aromatic heterocycles. The standard InChI is InChI=1S/C14H14ClNO2/c1-2-13-12(7-8-18-13)14(17)16-11-5-3-10(9-15)4-6-11/h3-8H,2,9H2,1H3,(H,16,17). The molecule has 0 bridgehead atoms. The number of amides is 1. The molecule has 1 aromatic carbocycles. The Hall–Kier alpha value is -1.74. The zero-order valence-electron chi connectivity index (χ0n) is 10.1. The van der Waals surface area contributed by atoms with Crippen LogP contribution in [0.25, 0.3) is 0 Å². The van der Waals surface area contributed by atoms with Gasteiger partial charge >= 0.3 is 0 Å². The molecule has 1 N–H and O–H groups in total. The summed E-state index contributed by atoms with van der Waals surface area (Å²) in [5.41, 5.74) is 2.35. The molecule has 2 aromatic rings. The smallest absolute Gasteiger partial charge is 0.259 e. The predicted octanol–water partition coefficient (Wildman–Crippen LogP) is 3.83. The van der Waals surface area contributed by atoms with Gasteiger partial charge in [0.05, 0.1) is 11.8 Å². The number of nitrogens with one attached hydrogen (secondary N) is 1. The molecule has 0 spiro atoms. The number of carbonyl (C=O) groups excluding carboxylic acids is 1. The molecule has 1 heterocycles. The lowest BCUT2D eigenvalue weighted by atomic mass is 10.2. The third-order valence-electron chi connectivity index (χ3n) is 2.68. The predicted molar refractivity (Wildman–Crippen MR) is 72.0 cm³/mol. The Kier molecular flexibility index (Phi) is 4.05. The Balaban J connectivity index is 2.11. The van der Waals surface area contributed by atoms with Crippen LogP contribution in [0.4, 0.5) is 5.69 Å². The molecule has 0 unspecified atom stereocenters. The van der Waals surface area contributed by atoms with Gasteiger partial charge in [0.1, 0.15) is 5.76 Å². The van der Waals surface area contributed by atoms with Gasteiger partial charge in [-0.2, -0.15) is 0 Å². The minimum Gasteiger partial charge on any atom is -0.469 e. The van der Waals surface area contributed by atoms with E-state index in [0.717, 1.165) is 11.3 Å². The lowest BCUT2D eigenvalue weighted by Crippen LogP contribution is -2.12. The number of rotatable bonds is 4. The first-order valence-electron chi connectivity index (χ1n) is 5.77. The van der Waals surface area contributed by atoms with Crippen LogP contribution < -0.4 is 5.32 Å². The number of benzene rings is 1. The third kappa shape index (κ3) is 2.74. The second kappa shape index (κ2) is 5.74. The van der Waals surface area contributed by atoms with Gasteiger partial charge in [0.2, 0.25) is 0 Å². The molecule has 0 aliphatic rings. The molecule has 3 nitrogen and oxygen atoms in total.